The number of nitrogens with zero attached hydrogens (tertiary/aromatic N) is 3. The van der Waals surface area contributed by atoms with Crippen LogP contribution in [-0.4, -0.2) is 34.7 Å². The number of anilines is 1. The molecule has 0 aliphatic carbocycles. The maximum absolute atomic E-state index is 13.1. The van der Waals surface area contributed by atoms with Crippen LogP contribution in [0.15, 0.2) is 48.9 Å². The van der Waals surface area contributed by atoms with Gasteiger partial charge in [-0.1, -0.05) is 0 Å². The van der Waals surface area contributed by atoms with Crippen LogP contribution in [0.3, 0.4) is 0 Å². The predicted octanol–water partition coefficient (Wildman–Crippen LogP) is 3.85. The molecule has 3 aromatic rings. The zero-order chi connectivity index (χ0) is 21.9. The first kappa shape index (κ1) is 21.1. The van der Waals surface area contributed by atoms with Gasteiger partial charge in [-0.25, -0.2) is 4.98 Å². The molecule has 0 aliphatic heterocycles. The van der Waals surface area contributed by atoms with E-state index in [2.05, 4.69) is 10.3 Å². The standard InChI is InChI=1S/C19H18F3N5O3/c1-24-15-5-3-13(27(28)29)9-17(15)26-10-16(25-11-26)14-4-2-12(19(20,21)22)8-18(14)30-7-6-23/h2-5,8-11,24H,6-7,23H2,1H3. The van der Waals surface area contributed by atoms with Crippen molar-refractivity contribution >= 4 is 11.4 Å². The topological polar surface area (TPSA) is 108 Å². The van der Waals surface area contributed by atoms with Crippen molar-refractivity contribution in [2.45, 2.75) is 6.18 Å². The highest BCUT2D eigenvalue weighted by Gasteiger charge is 2.31. The number of hydrogen-bond acceptors (Lipinski definition) is 6. The molecule has 3 N–H and O–H groups in total. The Bertz CT molecular complexity index is 1070. The van der Waals surface area contributed by atoms with E-state index in [1.807, 2.05) is 0 Å². The van der Waals surface area contributed by atoms with Crippen LogP contribution < -0.4 is 15.8 Å². The molecule has 11 heteroatoms. The molecular weight excluding hydrogens is 403 g/mol. The zero-order valence-corrected chi connectivity index (χ0v) is 15.8. The second-order valence-corrected chi connectivity index (χ2v) is 6.22. The third-order valence-electron chi connectivity index (χ3n) is 4.28. The molecule has 2 aromatic carbocycles. The summed E-state index contributed by atoms with van der Waals surface area (Å²) in [6.45, 7) is 0.160. The van der Waals surface area contributed by atoms with Crippen molar-refractivity contribution in [1.29, 1.82) is 0 Å². The highest BCUT2D eigenvalue weighted by molar-refractivity contribution is 5.70. The number of nitro groups is 1. The largest absolute Gasteiger partial charge is 0.492 e. The van der Waals surface area contributed by atoms with Gasteiger partial charge in [-0.3, -0.25) is 10.1 Å². The number of nitro benzene ring substituents is 1. The maximum atomic E-state index is 13.1. The molecule has 0 unspecified atom stereocenters. The molecule has 0 amide bonds. The summed E-state index contributed by atoms with van der Waals surface area (Å²) in [7, 11) is 1.66. The summed E-state index contributed by atoms with van der Waals surface area (Å²) >= 11 is 0. The molecule has 0 radical (unpaired) electrons. The number of non-ortho nitro benzene ring substituents is 1. The van der Waals surface area contributed by atoms with Crippen LogP contribution >= 0.6 is 0 Å². The summed E-state index contributed by atoms with van der Waals surface area (Å²) in [6.07, 6.45) is -1.55. The number of nitrogens with two attached hydrogens (primary N) is 1. The number of alkyl halides is 3. The lowest BCUT2D eigenvalue weighted by Gasteiger charge is -2.13. The van der Waals surface area contributed by atoms with Gasteiger partial charge < -0.3 is 20.4 Å². The van der Waals surface area contributed by atoms with Crippen molar-refractivity contribution in [1.82, 2.24) is 9.55 Å². The van der Waals surface area contributed by atoms with Gasteiger partial charge in [0.15, 0.2) is 0 Å². The fraction of sp³-hybridized carbons (Fsp3) is 0.211. The van der Waals surface area contributed by atoms with Crippen LogP contribution in [0, 0.1) is 10.1 Å². The summed E-state index contributed by atoms with van der Waals surface area (Å²) in [5.74, 6) is -0.00610. The minimum atomic E-state index is -4.52. The molecule has 1 heterocycles. The van der Waals surface area contributed by atoms with Crippen molar-refractivity contribution in [2.24, 2.45) is 5.73 Å². The van der Waals surface area contributed by atoms with Crippen molar-refractivity contribution < 1.29 is 22.8 Å². The Hall–Kier alpha value is -3.60. The van der Waals surface area contributed by atoms with Crippen LogP contribution in [0.4, 0.5) is 24.5 Å². The number of aromatic nitrogens is 2. The van der Waals surface area contributed by atoms with Crippen LogP contribution in [0.25, 0.3) is 16.9 Å². The molecule has 3 rings (SSSR count). The fourth-order valence-corrected chi connectivity index (χ4v) is 2.85. The Morgan fingerprint density at radius 3 is 2.67 bits per heavy atom. The summed E-state index contributed by atoms with van der Waals surface area (Å²) in [5, 5.41) is 14.0. The van der Waals surface area contributed by atoms with Gasteiger partial charge in [0.05, 0.1) is 33.9 Å². The first-order valence-electron chi connectivity index (χ1n) is 8.79. The van der Waals surface area contributed by atoms with Crippen LogP contribution in [-0.2, 0) is 6.18 Å². The molecule has 0 saturated heterocycles. The first-order valence-corrected chi connectivity index (χ1v) is 8.79. The minimum absolute atomic E-state index is 0.00610. The molecule has 0 saturated carbocycles. The monoisotopic (exact) mass is 421 g/mol. The lowest BCUT2D eigenvalue weighted by atomic mass is 10.1. The van der Waals surface area contributed by atoms with Gasteiger partial charge in [-0.15, -0.1) is 0 Å². The average Bonchev–Trinajstić information content (AvgIpc) is 3.20. The van der Waals surface area contributed by atoms with E-state index in [0.717, 1.165) is 12.1 Å². The Morgan fingerprint density at radius 1 is 1.27 bits per heavy atom. The van der Waals surface area contributed by atoms with E-state index in [-0.39, 0.29) is 24.6 Å². The third-order valence-corrected chi connectivity index (χ3v) is 4.28. The van der Waals surface area contributed by atoms with Crippen molar-refractivity contribution in [3.05, 3.63) is 64.6 Å². The number of benzene rings is 2. The second-order valence-electron chi connectivity index (χ2n) is 6.22. The molecule has 1 aromatic heterocycles. The molecule has 158 valence electrons. The number of nitrogens with one attached hydrogen (secondary N) is 1. The van der Waals surface area contributed by atoms with Crippen LogP contribution in [0.5, 0.6) is 5.75 Å². The summed E-state index contributed by atoms with van der Waals surface area (Å²) in [6, 6.07) is 7.40. The van der Waals surface area contributed by atoms with Gasteiger partial charge in [-0.05, 0) is 24.3 Å². The Morgan fingerprint density at radius 2 is 2.03 bits per heavy atom. The second kappa shape index (κ2) is 8.41. The zero-order valence-electron chi connectivity index (χ0n) is 15.8. The van der Waals surface area contributed by atoms with Crippen LogP contribution in [0.1, 0.15) is 5.56 Å². The van der Waals surface area contributed by atoms with Crippen molar-refractivity contribution in [2.75, 3.05) is 25.5 Å². The quantitative estimate of drug-likeness (QED) is 0.443. The lowest BCUT2D eigenvalue weighted by molar-refractivity contribution is -0.384. The number of ether oxygens (including phenoxy) is 1. The fourth-order valence-electron chi connectivity index (χ4n) is 2.85. The summed E-state index contributed by atoms with van der Waals surface area (Å²) < 4.78 is 46.2. The van der Waals surface area contributed by atoms with Gasteiger partial charge in [-0.2, -0.15) is 13.2 Å². The van der Waals surface area contributed by atoms with Crippen molar-refractivity contribution in [3.8, 4) is 22.7 Å². The molecular formula is C19H18F3N5O3. The molecule has 0 spiro atoms. The predicted molar refractivity (Wildman–Crippen MR) is 105 cm³/mol. The molecule has 0 fully saturated rings. The van der Waals surface area contributed by atoms with E-state index in [9.17, 15) is 23.3 Å². The van der Waals surface area contributed by atoms with Gasteiger partial charge in [0.25, 0.3) is 5.69 Å². The number of halogens is 3. The van der Waals surface area contributed by atoms with Gasteiger partial charge in [0, 0.05) is 37.5 Å². The summed E-state index contributed by atoms with van der Waals surface area (Å²) in [4.78, 5) is 14.8. The van der Waals surface area contributed by atoms with E-state index < -0.39 is 16.7 Å². The van der Waals surface area contributed by atoms with Crippen LogP contribution in [0.2, 0.25) is 0 Å². The van der Waals surface area contributed by atoms with E-state index in [4.69, 9.17) is 10.5 Å². The number of imidazole rings is 1. The Kier molecular flexibility index (Phi) is 5.92. The van der Waals surface area contributed by atoms with E-state index in [1.54, 1.807) is 23.9 Å². The van der Waals surface area contributed by atoms with E-state index >= 15 is 0 Å². The highest BCUT2D eigenvalue weighted by Crippen LogP contribution is 2.37. The van der Waals surface area contributed by atoms with Crippen molar-refractivity contribution in [3.63, 3.8) is 0 Å². The normalized spacial score (nSPS) is 11.4. The SMILES string of the molecule is CNc1ccc([N+](=O)[O-])cc1-n1cnc(-c2ccc(C(F)(F)F)cc2OCCN)c1. The lowest BCUT2D eigenvalue weighted by Crippen LogP contribution is -2.12. The van der Waals surface area contributed by atoms with Gasteiger partial charge in [0.1, 0.15) is 12.4 Å². The van der Waals surface area contributed by atoms with Gasteiger partial charge in [0.2, 0.25) is 0 Å². The summed E-state index contributed by atoms with van der Waals surface area (Å²) in [5.41, 5.74) is 6.19. The Labute approximate surface area is 169 Å². The molecule has 0 bridgehead atoms. The molecule has 30 heavy (non-hydrogen) atoms. The average molecular weight is 421 g/mol. The molecule has 0 aliphatic rings. The Balaban J connectivity index is 2.06. The maximum Gasteiger partial charge on any atom is 0.416 e. The minimum Gasteiger partial charge on any atom is -0.492 e. The van der Waals surface area contributed by atoms with E-state index in [0.29, 0.717) is 22.6 Å². The molecule has 8 nitrogen and oxygen atoms in total. The smallest absolute Gasteiger partial charge is 0.416 e. The number of rotatable bonds is 7. The third kappa shape index (κ3) is 4.35. The highest BCUT2D eigenvalue weighted by atomic mass is 19.4. The first-order chi connectivity index (χ1) is 14.2. The van der Waals surface area contributed by atoms with Gasteiger partial charge >= 0.3 is 6.18 Å². The number of hydrogen-bond donors (Lipinski definition) is 2. The molecule has 0 atom stereocenters. The van der Waals surface area contributed by atoms with E-state index in [1.165, 1.54) is 24.5 Å².